The number of aryl methyl sites for hydroxylation is 2. The zero-order valence-corrected chi connectivity index (χ0v) is 19.1. The Labute approximate surface area is 191 Å². The van der Waals surface area contributed by atoms with Crippen molar-refractivity contribution in [1.82, 2.24) is 19.9 Å². The van der Waals surface area contributed by atoms with Crippen LogP contribution in [0.3, 0.4) is 0 Å². The monoisotopic (exact) mass is 447 g/mol. The van der Waals surface area contributed by atoms with E-state index in [1.54, 1.807) is 10.4 Å². The lowest BCUT2D eigenvalue weighted by Gasteiger charge is -2.31. The van der Waals surface area contributed by atoms with Crippen LogP contribution in [0.25, 0.3) is 0 Å². The molecule has 3 aromatic rings. The molecule has 2 aliphatic heterocycles. The molecule has 7 nitrogen and oxygen atoms in total. The van der Waals surface area contributed by atoms with Crippen LogP contribution in [0.5, 0.6) is 0 Å². The van der Waals surface area contributed by atoms with Crippen molar-refractivity contribution in [1.29, 1.82) is 0 Å². The number of hydrogen-bond donors (Lipinski definition) is 0. The summed E-state index contributed by atoms with van der Waals surface area (Å²) in [5, 5.41) is 0. The first-order valence-corrected chi connectivity index (χ1v) is 11.8. The molecule has 2 amide bonds. The number of hydrogen-bond acceptors (Lipinski definition) is 6. The van der Waals surface area contributed by atoms with Crippen molar-refractivity contribution in [2.75, 3.05) is 11.4 Å². The maximum atomic E-state index is 13.2. The van der Waals surface area contributed by atoms with E-state index in [9.17, 15) is 9.59 Å². The van der Waals surface area contributed by atoms with E-state index < -0.39 is 0 Å². The number of likely N-dealkylation sites (tertiary alicyclic amines) is 1. The molecule has 2 aromatic heterocycles. The summed E-state index contributed by atoms with van der Waals surface area (Å²) in [6, 6.07) is 9.77. The Kier molecular flexibility index (Phi) is 5.46. The lowest BCUT2D eigenvalue weighted by molar-refractivity contribution is -0.119. The number of benzene rings is 1. The van der Waals surface area contributed by atoms with Gasteiger partial charge in [-0.3, -0.25) is 14.5 Å². The molecule has 1 aromatic carbocycles. The van der Waals surface area contributed by atoms with Crippen molar-refractivity contribution in [3.05, 3.63) is 69.1 Å². The maximum absolute atomic E-state index is 13.2. The Balaban J connectivity index is 1.51. The highest BCUT2D eigenvalue weighted by Crippen LogP contribution is 2.36. The molecular weight excluding hydrogens is 422 g/mol. The second-order valence-corrected chi connectivity index (χ2v) is 9.21. The third-order valence-electron chi connectivity index (χ3n) is 6.29. The van der Waals surface area contributed by atoms with E-state index in [-0.39, 0.29) is 17.9 Å². The SMILES string of the molecule is Cc1ncsc1C(=O)N1CCCC1c1nc(C)c2c(n1)N(Cc1ccccc1)C(=O)CC2. The molecule has 0 N–H and O–H groups in total. The Morgan fingerprint density at radius 2 is 1.94 bits per heavy atom. The summed E-state index contributed by atoms with van der Waals surface area (Å²) in [4.78, 5) is 44.4. The van der Waals surface area contributed by atoms with Crippen molar-refractivity contribution < 1.29 is 9.59 Å². The van der Waals surface area contributed by atoms with Crippen LogP contribution in [0.1, 0.15) is 63.3 Å². The summed E-state index contributed by atoms with van der Waals surface area (Å²) in [6.45, 7) is 5.00. The minimum absolute atomic E-state index is 0.0105. The Hall–Kier alpha value is -3.13. The molecule has 2 aliphatic rings. The molecule has 1 unspecified atom stereocenters. The Bertz CT molecular complexity index is 1180. The molecule has 164 valence electrons. The van der Waals surface area contributed by atoms with Crippen LogP contribution in [0.15, 0.2) is 35.8 Å². The Morgan fingerprint density at radius 1 is 1.12 bits per heavy atom. The topological polar surface area (TPSA) is 79.3 Å². The van der Waals surface area contributed by atoms with Gasteiger partial charge in [-0.2, -0.15) is 0 Å². The number of amides is 2. The van der Waals surface area contributed by atoms with Crippen molar-refractivity contribution in [3.63, 3.8) is 0 Å². The van der Waals surface area contributed by atoms with Crippen LogP contribution >= 0.6 is 11.3 Å². The number of fused-ring (bicyclic) bond motifs is 1. The molecule has 0 aliphatic carbocycles. The molecule has 1 saturated heterocycles. The Morgan fingerprint density at radius 3 is 2.69 bits per heavy atom. The highest BCUT2D eigenvalue weighted by Gasteiger charge is 2.36. The summed E-state index contributed by atoms with van der Waals surface area (Å²) in [5.74, 6) is 1.39. The first-order valence-electron chi connectivity index (χ1n) is 11.0. The lowest BCUT2D eigenvalue weighted by atomic mass is 10.0. The van der Waals surface area contributed by atoms with Gasteiger partial charge in [0.15, 0.2) is 5.82 Å². The van der Waals surface area contributed by atoms with Crippen molar-refractivity contribution in [3.8, 4) is 0 Å². The summed E-state index contributed by atoms with van der Waals surface area (Å²) in [6.07, 6.45) is 2.83. The number of anilines is 1. The average Bonchev–Trinajstić information content (AvgIpc) is 3.45. The number of nitrogens with zero attached hydrogens (tertiary/aromatic N) is 5. The third kappa shape index (κ3) is 3.68. The molecule has 0 bridgehead atoms. The molecule has 0 spiro atoms. The third-order valence-corrected chi connectivity index (χ3v) is 7.21. The number of carbonyl (C=O) groups excluding carboxylic acids is 2. The van der Waals surface area contributed by atoms with Crippen LogP contribution in [0, 0.1) is 13.8 Å². The van der Waals surface area contributed by atoms with Gasteiger partial charge in [-0.1, -0.05) is 30.3 Å². The van der Waals surface area contributed by atoms with E-state index in [0.29, 0.717) is 42.5 Å². The van der Waals surface area contributed by atoms with Gasteiger partial charge >= 0.3 is 0 Å². The van der Waals surface area contributed by atoms with Crippen molar-refractivity contribution in [2.45, 2.75) is 52.1 Å². The van der Waals surface area contributed by atoms with E-state index >= 15 is 0 Å². The second kappa shape index (κ2) is 8.43. The van der Waals surface area contributed by atoms with Crippen LogP contribution < -0.4 is 4.90 Å². The van der Waals surface area contributed by atoms with E-state index in [4.69, 9.17) is 9.97 Å². The van der Waals surface area contributed by atoms with Gasteiger partial charge in [-0.25, -0.2) is 15.0 Å². The zero-order chi connectivity index (χ0) is 22.2. The summed E-state index contributed by atoms with van der Waals surface area (Å²) < 4.78 is 0. The van der Waals surface area contributed by atoms with Gasteiger partial charge in [0, 0.05) is 24.2 Å². The van der Waals surface area contributed by atoms with Crippen LogP contribution in [-0.4, -0.2) is 38.2 Å². The fourth-order valence-corrected chi connectivity index (χ4v) is 5.35. The van der Waals surface area contributed by atoms with Crippen LogP contribution in [0.4, 0.5) is 5.82 Å². The summed E-state index contributed by atoms with van der Waals surface area (Å²) >= 11 is 1.37. The standard InChI is InChI=1S/C24H25N5O2S/c1-15-18-10-11-20(30)29(13-17-7-4-3-5-8-17)23(18)27-22(26-15)19-9-6-12-28(19)24(31)21-16(2)25-14-32-21/h3-5,7-8,14,19H,6,9-13H2,1-2H3. The molecule has 0 saturated carbocycles. The summed E-state index contributed by atoms with van der Waals surface area (Å²) in [7, 11) is 0. The van der Waals surface area contributed by atoms with Gasteiger partial charge in [0.05, 0.1) is 23.8 Å². The van der Waals surface area contributed by atoms with E-state index in [2.05, 4.69) is 4.98 Å². The van der Waals surface area contributed by atoms with Gasteiger partial charge in [0.2, 0.25) is 5.91 Å². The highest BCUT2D eigenvalue weighted by molar-refractivity contribution is 7.11. The molecule has 1 atom stereocenters. The van der Waals surface area contributed by atoms with E-state index in [1.165, 1.54) is 11.3 Å². The normalized spacial score (nSPS) is 18.2. The molecule has 8 heteroatoms. The first kappa shape index (κ1) is 20.8. The van der Waals surface area contributed by atoms with E-state index in [0.717, 1.165) is 35.4 Å². The van der Waals surface area contributed by atoms with E-state index in [1.807, 2.05) is 49.1 Å². The minimum Gasteiger partial charge on any atom is -0.328 e. The average molecular weight is 448 g/mol. The predicted molar refractivity (Wildman–Crippen MR) is 123 cm³/mol. The van der Waals surface area contributed by atoms with Crippen LogP contribution in [-0.2, 0) is 17.8 Å². The molecule has 32 heavy (non-hydrogen) atoms. The number of thiazole rings is 1. The van der Waals surface area contributed by atoms with Crippen molar-refractivity contribution >= 4 is 29.0 Å². The van der Waals surface area contributed by atoms with Crippen molar-refractivity contribution in [2.24, 2.45) is 0 Å². The minimum atomic E-state index is -0.191. The van der Waals surface area contributed by atoms with Gasteiger partial charge in [-0.15, -0.1) is 11.3 Å². The largest absolute Gasteiger partial charge is 0.328 e. The number of aromatic nitrogens is 3. The molecule has 4 heterocycles. The molecule has 1 fully saturated rings. The van der Waals surface area contributed by atoms with Gasteiger partial charge in [-0.05, 0) is 38.7 Å². The maximum Gasteiger partial charge on any atom is 0.266 e. The van der Waals surface area contributed by atoms with Crippen LogP contribution in [0.2, 0.25) is 0 Å². The van der Waals surface area contributed by atoms with Gasteiger partial charge in [0.25, 0.3) is 5.91 Å². The molecule has 0 radical (unpaired) electrons. The lowest BCUT2D eigenvalue weighted by Crippen LogP contribution is -2.37. The fraction of sp³-hybridized carbons (Fsp3) is 0.375. The smallest absolute Gasteiger partial charge is 0.266 e. The second-order valence-electron chi connectivity index (χ2n) is 8.36. The quantitative estimate of drug-likeness (QED) is 0.604. The summed E-state index contributed by atoms with van der Waals surface area (Å²) in [5.41, 5.74) is 5.44. The highest BCUT2D eigenvalue weighted by atomic mass is 32.1. The van der Waals surface area contributed by atoms with Gasteiger partial charge < -0.3 is 4.90 Å². The fourth-order valence-electron chi connectivity index (χ4n) is 4.60. The number of carbonyl (C=O) groups is 2. The molecule has 5 rings (SSSR count). The zero-order valence-electron chi connectivity index (χ0n) is 18.2. The molecular formula is C24H25N5O2S. The first-order chi connectivity index (χ1) is 15.5. The predicted octanol–water partition coefficient (Wildman–Crippen LogP) is 4.01. The van der Waals surface area contributed by atoms with Gasteiger partial charge in [0.1, 0.15) is 10.7 Å². The number of rotatable bonds is 4.